The van der Waals surface area contributed by atoms with Crippen LogP contribution < -0.4 is 9.46 Å². The summed E-state index contributed by atoms with van der Waals surface area (Å²) >= 11 is 3.44. The molecule has 5 rings (SSSR count). The van der Waals surface area contributed by atoms with Crippen molar-refractivity contribution in [3.05, 3.63) is 102 Å². The van der Waals surface area contributed by atoms with E-state index in [1.54, 1.807) is 55.8 Å². The second-order valence-electron chi connectivity index (χ2n) is 7.90. The Morgan fingerprint density at radius 3 is 2.36 bits per heavy atom. The second-order valence-corrected chi connectivity index (χ2v) is 10.4. The molecule has 0 aliphatic heterocycles. The largest absolute Gasteiger partial charge is 0.497 e. The highest BCUT2D eigenvalue weighted by atomic mass is 79.9. The molecule has 0 spiro atoms. The van der Waals surface area contributed by atoms with E-state index in [0.717, 1.165) is 33.8 Å². The number of hydrogen-bond acceptors (Lipinski definition) is 5. The van der Waals surface area contributed by atoms with Gasteiger partial charge in [-0.15, -0.1) is 0 Å². The van der Waals surface area contributed by atoms with Gasteiger partial charge in [0.2, 0.25) is 0 Å². The van der Waals surface area contributed by atoms with Crippen LogP contribution in [0.15, 0.2) is 107 Å². The number of imidazole rings is 1. The van der Waals surface area contributed by atoms with Crippen LogP contribution in [0.1, 0.15) is 0 Å². The van der Waals surface area contributed by atoms with Crippen LogP contribution in [-0.2, 0) is 10.0 Å². The lowest BCUT2D eigenvalue weighted by atomic mass is 10.1. The third-order valence-corrected chi connectivity index (χ3v) is 7.36. The van der Waals surface area contributed by atoms with E-state index >= 15 is 0 Å². The number of ether oxygens (including phenoxy) is 1. The van der Waals surface area contributed by atoms with Gasteiger partial charge < -0.3 is 9.72 Å². The molecule has 0 unspecified atom stereocenters. The number of methoxy groups -OCH3 is 1. The molecular formula is C27H21BrN4O3S. The zero-order valence-corrected chi connectivity index (χ0v) is 21.5. The molecule has 36 heavy (non-hydrogen) atoms. The highest BCUT2D eigenvalue weighted by Crippen LogP contribution is 2.35. The number of aromatic amines is 1. The Bertz CT molecular complexity index is 1620. The molecular weight excluding hydrogens is 540 g/mol. The van der Waals surface area contributed by atoms with Gasteiger partial charge in [-0.05, 0) is 76.6 Å². The minimum absolute atomic E-state index is 0.205. The van der Waals surface area contributed by atoms with Gasteiger partial charge in [0.15, 0.2) is 0 Å². The highest BCUT2D eigenvalue weighted by molar-refractivity contribution is 9.10. The summed E-state index contributed by atoms with van der Waals surface area (Å²) in [5, 5.41) is 0. The van der Waals surface area contributed by atoms with Crippen LogP contribution in [0.3, 0.4) is 0 Å². The maximum atomic E-state index is 12.6. The first-order chi connectivity index (χ1) is 17.4. The van der Waals surface area contributed by atoms with Crippen LogP contribution in [0.5, 0.6) is 5.75 Å². The summed E-state index contributed by atoms with van der Waals surface area (Å²) < 4.78 is 34.0. The molecule has 0 saturated carbocycles. The molecule has 180 valence electrons. The van der Waals surface area contributed by atoms with Crippen molar-refractivity contribution >= 4 is 31.6 Å². The van der Waals surface area contributed by atoms with Crippen molar-refractivity contribution in [2.75, 3.05) is 11.8 Å². The Hall–Kier alpha value is -3.95. The lowest BCUT2D eigenvalue weighted by Crippen LogP contribution is -2.12. The first-order valence-electron chi connectivity index (χ1n) is 11.0. The van der Waals surface area contributed by atoms with Crippen molar-refractivity contribution in [3.63, 3.8) is 0 Å². The number of H-pyrrole nitrogens is 1. The molecule has 0 amide bonds. The molecule has 5 aromatic rings. The van der Waals surface area contributed by atoms with Crippen molar-refractivity contribution in [2.45, 2.75) is 4.90 Å². The van der Waals surface area contributed by atoms with E-state index in [1.165, 1.54) is 0 Å². The van der Waals surface area contributed by atoms with Crippen molar-refractivity contribution in [2.24, 2.45) is 0 Å². The van der Waals surface area contributed by atoms with E-state index in [2.05, 4.69) is 30.6 Å². The molecule has 0 radical (unpaired) electrons. The van der Waals surface area contributed by atoms with Gasteiger partial charge in [0.1, 0.15) is 16.2 Å². The molecule has 3 aromatic carbocycles. The molecule has 2 N–H and O–H groups in total. The monoisotopic (exact) mass is 560 g/mol. The lowest BCUT2D eigenvalue weighted by molar-refractivity contribution is 0.415. The van der Waals surface area contributed by atoms with Crippen LogP contribution in [0.2, 0.25) is 0 Å². The summed E-state index contributed by atoms with van der Waals surface area (Å²) in [7, 11) is -2.04. The number of hydrogen-bond donors (Lipinski definition) is 2. The number of nitrogens with zero attached hydrogens (tertiary/aromatic N) is 2. The van der Waals surface area contributed by atoms with E-state index in [0.29, 0.717) is 16.1 Å². The third kappa shape index (κ3) is 5.02. The Morgan fingerprint density at radius 2 is 1.64 bits per heavy atom. The van der Waals surface area contributed by atoms with Crippen molar-refractivity contribution < 1.29 is 13.2 Å². The fourth-order valence-electron chi connectivity index (χ4n) is 3.77. The van der Waals surface area contributed by atoms with Gasteiger partial charge in [-0.2, -0.15) is 0 Å². The maximum Gasteiger partial charge on any atom is 0.261 e. The fourth-order valence-corrected chi connectivity index (χ4v) is 5.21. The van der Waals surface area contributed by atoms with Crippen LogP contribution in [0.4, 0.5) is 5.69 Å². The minimum atomic E-state index is -3.67. The summed E-state index contributed by atoms with van der Waals surface area (Å²) in [4.78, 5) is 12.8. The van der Waals surface area contributed by atoms with E-state index in [4.69, 9.17) is 9.72 Å². The molecule has 2 aromatic heterocycles. The quantitative estimate of drug-likeness (QED) is 0.225. The van der Waals surface area contributed by atoms with Gasteiger partial charge >= 0.3 is 0 Å². The van der Waals surface area contributed by atoms with Gasteiger partial charge in [-0.3, -0.25) is 4.72 Å². The van der Waals surface area contributed by atoms with E-state index in [9.17, 15) is 8.42 Å². The SMILES string of the molecule is COc1cccc(-c2nc(-c3ccc(NS(=O)(=O)c4ccccc4)cc3)[nH]c2-c2ccnc(Br)c2)c1. The smallest absolute Gasteiger partial charge is 0.261 e. The third-order valence-electron chi connectivity index (χ3n) is 5.53. The summed E-state index contributed by atoms with van der Waals surface area (Å²) in [5.41, 5.74) is 4.67. The summed E-state index contributed by atoms with van der Waals surface area (Å²) in [6.45, 7) is 0. The van der Waals surface area contributed by atoms with Gasteiger partial charge in [0, 0.05) is 28.6 Å². The van der Waals surface area contributed by atoms with Crippen molar-refractivity contribution in [1.82, 2.24) is 15.0 Å². The zero-order chi connectivity index (χ0) is 25.1. The average molecular weight is 561 g/mol. The van der Waals surface area contributed by atoms with E-state index in [1.807, 2.05) is 48.5 Å². The molecule has 9 heteroatoms. The Morgan fingerprint density at radius 1 is 0.861 bits per heavy atom. The first-order valence-corrected chi connectivity index (χ1v) is 13.3. The topological polar surface area (TPSA) is 97.0 Å². The van der Waals surface area contributed by atoms with Gasteiger partial charge in [0.05, 0.1) is 23.4 Å². The number of sulfonamides is 1. The van der Waals surface area contributed by atoms with Gasteiger partial charge in [0.25, 0.3) is 10.0 Å². The normalized spacial score (nSPS) is 11.3. The maximum absolute atomic E-state index is 12.6. The second kappa shape index (κ2) is 9.96. The Labute approximate surface area is 217 Å². The Balaban J connectivity index is 1.51. The minimum Gasteiger partial charge on any atom is -0.497 e. The summed E-state index contributed by atoms with van der Waals surface area (Å²) in [5.74, 6) is 1.38. The molecule has 0 fully saturated rings. The Kier molecular flexibility index (Phi) is 6.58. The molecule has 0 aliphatic carbocycles. The lowest BCUT2D eigenvalue weighted by Gasteiger charge is -2.08. The van der Waals surface area contributed by atoms with E-state index < -0.39 is 10.0 Å². The van der Waals surface area contributed by atoms with Gasteiger partial charge in [-0.1, -0.05) is 30.3 Å². The molecule has 2 heterocycles. The predicted molar refractivity (Wildman–Crippen MR) is 144 cm³/mol. The molecule has 0 saturated heterocycles. The van der Waals surface area contributed by atoms with Crippen molar-refractivity contribution in [1.29, 1.82) is 0 Å². The van der Waals surface area contributed by atoms with Crippen LogP contribution in [0, 0.1) is 0 Å². The molecule has 0 aliphatic rings. The summed E-state index contributed by atoms with van der Waals surface area (Å²) in [6.07, 6.45) is 1.73. The molecule has 0 bridgehead atoms. The average Bonchev–Trinajstić information content (AvgIpc) is 3.35. The highest BCUT2D eigenvalue weighted by Gasteiger charge is 2.17. The number of anilines is 1. The van der Waals surface area contributed by atoms with Crippen LogP contribution in [-0.4, -0.2) is 30.5 Å². The summed E-state index contributed by atoms with van der Waals surface area (Å²) in [6, 6.07) is 26.9. The number of rotatable bonds is 7. The van der Waals surface area contributed by atoms with Gasteiger partial charge in [-0.25, -0.2) is 18.4 Å². The number of aromatic nitrogens is 3. The number of halogens is 1. The number of benzene rings is 3. The van der Waals surface area contributed by atoms with Crippen LogP contribution >= 0.6 is 15.9 Å². The number of nitrogens with one attached hydrogen (secondary N) is 2. The van der Waals surface area contributed by atoms with Crippen molar-refractivity contribution in [3.8, 4) is 39.7 Å². The van der Waals surface area contributed by atoms with Crippen LogP contribution in [0.25, 0.3) is 33.9 Å². The van der Waals surface area contributed by atoms with E-state index in [-0.39, 0.29) is 4.90 Å². The predicted octanol–water partition coefficient (Wildman–Crippen LogP) is 6.38. The molecule has 7 nitrogen and oxygen atoms in total. The molecule has 0 atom stereocenters. The fraction of sp³-hybridized carbons (Fsp3) is 0.0370. The zero-order valence-electron chi connectivity index (χ0n) is 19.1. The number of pyridine rings is 1. The first kappa shape index (κ1) is 23.8. The standard InChI is InChI=1S/C27H21BrN4O3S/c1-35-22-7-5-6-19(16-22)25-26(20-14-15-29-24(28)17-20)31-27(30-25)18-10-12-21(13-11-18)32-36(33,34)23-8-3-2-4-9-23/h2-17,32H,1H3,(H,30,31).